The zero-order valence-corrected chi connectivity index (χ0v) is 51.0. The van der Waals surface area contributed by atoms with Gasteiger partial charge >= 0.3 is 18.0 Å². The van der Waals surface area contributed by atoms with Gasteiger partial charge in [0.15, 0.2) is 0 Å². The van der Waals surface area contributed by atoms with Crippen molar-refractivity contribution in [3.8, 4) is 33.8 Å². The van der Waals surface area contributed by atoms with Crippen molar-refractivity contribution in [2.75, 3.05) is 40.5 Å². The molecule has 0 radical (unpaired) electrons. The molecular formula is C73H61ClN8O10. The number of halogens is 1. The van der Waals surface area contributed by atoms with Gasteiger partial charge in [-0.05, 0) is 195 Å². The first kappa shape index (κ1) is 72.2. The first-order valence-electron chi connectivity index (χ1n) is 27.2. The lowest BCUT2D eigenvalue weighted by molar-refractivity contribution is -0.146. The minimum atomic E-state index is -0.804. The van der Waals surface area contributed by atoms with Crippen molar-refractivity contribution in [3.05, 3.63) is 266 Å². The van der Waals surface area contributed by atoms with Gasteiger partial charge in [0.25, 0.3) is 0 Å². The molecule has 2 fully saturated rings. The molecule has 19 heteroatoms. The number of fused-ring (bicyclic) bond motifs is 6. The second-order valence-corrected chi connectivity index (χ2v) is 19.3. The molecule has 2 saturated heterocycles. The summed E-state index contributed by atoms with van der Waals surface area (Å²) >= 11 is 4.55. The summed E-state index contributed by atoms with van der Waals surface area (Å²) in [5.41, 5.74) is 66.7. The van der Waals surface area contributed by atoms with E-state index in [-0.39, 0.29) is 38.5 Å². The molecule has 2 aliphatic carbocycles. The highest BCUT2D eigenvalue weighted by molar-refractivity contribution is 6.25. The van der Waals surface area contributed by atoms with Crippen molar-refractivity contribution >= 4 is 41.2 Å². The van der Waals surface area contributed by atoms with Crippen LogP contribution in [0, 0.1) is 5.53 Å². The molecule has 4 atom stereocenters. The van der Waals surface area contributed by atoms with E-state index in [1.165, 1.54) is 19.1 Å². The molecule has 4 aromatic rings. The van der Waals surface area contributed by atoms with Crippen LogP contribution in [0.3, 0.4) is 0 Å². The van der Waals surface area contributed by atoms with Crippen molar-refractivity contribution in [2.24, 2.45) is 25.4 Å². The summed E-state index contributed by atoms with van der Waals surface area (Å²) in [4.78, 5) is 49.9. The molecule has 2 aliphatic heterocycles. The van der Waals surface area contributed by atoms with E-state index in [2.05, 4.69) is 195 Å². The standard InChI is InChI=1S/C27H30N2O6.C23H4.C22H22N2O4.CH4.ClHN4/c1-6-13-33-17-11-12-20-19-9-7-8-10-21(19)24(22(20)14-17)28-35-18-15-23(25(30)32-5)29(16-18)26(31)34-27(2,3)4;1-3-5-7-9-11-13-15-17-19-21-23-22-20-18-16-14-12-10-8-6-4-2;1-3-10-27-14-8-9-17-16-6-4-5-7-18(16)21(19(17)11-14)24-28-15-12-20(23-13-15)22(25)26-2;;1-3-5-4-2/h6-12,14,18,23H,1,13,15-16H2,2-5H3;1-2H2;3-9,11,15,20,23H,1,10,12-13H2,2H3;1H4;2H/t18-,23+;;15-,20+;;/m1.1../s1. The number of nitrogens with one attached hydrogen (secondary N) is 2. The summed E-state index contributed by atoms with van der Waals surface area (Å²) in [7, 11) is 2.68. The number of hydrogen-bond donors (Lipinski definition) is 2. The van der Waals surface area contributed by atoms with E-state index >= 15 is 0 Å². The summed E-state index contributed by atoms with van der Waals surface area (Å²) in [5.74, 6) is 0.661. The predicted octanol–water partition coefficient (Wildman–Crippen LogP) is 13.7. The number of hydrogen-bond acceptors (Lipinski definition) is 15. The molecule has 2 N–H and O–H groups in total. The second-order valence-electron chi connectivity index (χ2n) is 19.2. The number of benzene rings is 4. The van der Waals surface area contributed by atoms with Gasteiger partial charge in [0, 0.05) is 58.8 Å². The average Bonchev–Trinajstić information content (AvgIpc) is 1.66. The first-order valence-corrected chi connectivity index (χ1v) is 27.6. The lowest BCUT2D eigenvalue weighted by Crippen LogP contribution is -2.44. The molecule has 0 unspecified atom stereocenters. The number of carbonyl (C=O) groups is 3. The molecule has 8 rings (SSSR count). The van der Waals surface area contributed by atoms with Crippen LogP contribution in [-0.4, -0.2) is 105 Å². The van der Waals surface area contributed by atoms with Crippen molar-refractivity contribution in [3.63, 3.8) is 0 Å². The number of likely N-dealkylation sites (tertiary alicyclic amines) is 1. The topological polar surface area (TPSA) is 217 Å². The Morgan fingerprint density at radius 3 is 1.37 bits per heavy atom. The number of carbonyl (C=O) groups excluding carboxylic acids is 3. The SMILES string of the molecule is C.C=C=C=C=C=C=C=C=C=C=C=C=C=C=C=C=C=C=C=C=C=C=C.C=CCOc1ccc2c(c1)C(=NO[C@@H]1C[C@@H](C(=O)OC)N(C(=O)OC(C)(C)C)C1)c1ccccc1-2.C=CCOc1ccc2c(c1)C(=NO[C@H]1CN[C@H](C(=O)OC)C1)c1ccccc1-2.N=NN=NCl. The molecule has 0 saturated carbocycles. The number of rotatable bonds is 13. The quantitative estimate of drug-likeness (QED) is 0.0277. The molecule has 0 aromatic heterocycles. The predicted molar refractivity (Wildman–Crippen MR) is 346 cm³/mol. The van der Waals surface area contributed by atoms with Crippen molar-refractivity contribution in [1.29, 1.82) is 5.53 Å². The Hall–Kier alpha value is -12.3. The minimum Gasteiger partial charge on any atom is -0.490 e. The van der Waals surface area contributed by atoms with Gasteiger partial charge in [-0.15, -0.1) is 0 Å². The average molecular weight is 1250 g/mol. The lowest BCUT2D eigenvalue weighted by Gasteiger charge is -2.27. The Bertz CT molecular complexity index is 4300. The number of ether oxygens (including phenoxy) is 5. The van der Waals surface area contributed by atoms with E-state index in [1.54, 1.807) is 32.9 Å². The highest BCUT2D eigenvalue weighted by atomic mass is 35.5. The summed E-state index contributed by atoms with van der Waals surface area (Å²) in [5, 5.41) is 17.2. The van der Waals surface area contributed by atoms with Crippen molar-refractivity contribution in [2.45, 2.75) is 70.9 Å². The molecule has 0 spiro atoms. The fourth-order valence-corrected chi connectivity index (χ4v) is 8.52. The molecule has 92 heavy (non-hydrogen) atoms. The van der Waals surface area contributed by atoms with Gasteiger partial charge in [-0.3, -0.25) is 9.69 Å². The molecular weight excluding hydrogens is 1180 g/mol. The van der Waals surface area contributed by atoms with Gasteiger partial charge in [-0.25, -0.2) is 9.59 Å². The highest BCUT2D eigenvalue weighted by Crippen LogP contribution is 2.40. The number of oxime groups is 2. The van der Waals surface area contributed by atoms with Gasteiger partial charge < -0.3 is 38.7 Å². The summed E-state index contributed by atoms with van der Waals surface area (Å²) in [6.45, 7) is 20.8. The number of nitrogens with zero attached hydrogens (tertiary/aromatic N) is 6. The molecule has 2 heterocycles. The van der Waals surface area contributed by atoms with Crippen LogP contribution in [0.1, 0.15) is 63.3 Å². The van der Waals surface area contributed by atoms with Crippen LogP contribution in [0.2, 0.25) is 0 Å². The zero-order chi connectivity index (χ0) is 65.6. The molecule has 18 nitrogen and oxygen atoms in total. The Kier molecular flexibility index (Phi) is 31.0. The fourth-order valence-electron chi connectivity index (χ4n) is 8.49. The first-order chi connectivity index (χ1) is 44.2. The van der Waals surface area contributed by atoms with Crippen LogP contribution < -0.4 is 14.8 Å². The van der Waals surface area contributed by atoms with Crippen LogP contribution in [0.4, 0.5) is 4.79 Å². The molecule has 0 bridgehead atoms. The van der Waals surface area contributed by atoms with Gasteiger partial charge in [0.2, 0.25) is 0 Å². The van der Waals surface area contributed by atoms with E-state index in [4.69, 9.17) is 38.9 Å². The Morgan fingerprint density at radius 2 is 1.00 bits per heavy atom. The maximum Gasteiger partial charge on any atom is 0.411 e. The van der Waals surface area contributed by atoms with Gasteiger partial charge in [0.1, 0.15) is 66.0 Å². The number of amides is 1. The largest absolute Gasteiger partial charge is 0.490 e. The van der Waals surface area contributed by atoms with Crippen LogP contribution >= 0.6 is 11.8 Å². The van der Waals surface area contributed by atoms with Crippen LogP contribution in [0.5, 0.6) is 11.5 Å². The third-order valence-electron chi connectivity index (χ3n) is 12.1. The minimum absolute atomic E-state index is 0. The van der Waals surface area contributed by atoms with Crippen molar-refractivity contribution in [1.82, 2.24) is 10.2 Å². The number of esters is 2. The summed E-state index contributed by atoms with van der Waals surface area (Å²) < 4.78 is 29.2. The van der Waals surface area contributed by atoms with Gasteiger partial charge in [-0.1, -0.05) is 108 Å². The Balaban J connectivity index is 0.000000288. The van der Waals surface area contributed by atoms with E-state index < -0.39 is 29.8 Å². The fraction of sp³-hybridized carbons (Fsp3) is 0.233. The van der Waals surface area contributed by atoms with Crippen LogP contribution in [0.15, 0.2) is 269 Å². The normalized spacial score (nSPS) is 15.3. The smallest absolute Gasteiger partial charge is 0.411 e. The van der Waals surface area contributed by atoms with E-state index in [9.17, 15) is 14.4 Å². The monoisotopic (exact) mass is 1240 g/mol. The van der Waals surface area contributed by atoms with E-state index in [0.29, 0.717) is 37.6 Å². The zero-order valence-electron chi connectivity index (χ0n) is 50.3. The Morgan fingerprint density at radius 1 is 0.598 bits per heavy atom. The maximum absolute atomic E-state index is 12.7. The van der Waals surface area contributed by atoms with E-state index in [0.717, 1.165) is 56.0 Å². The van der Waals surface area contributed by atoms with E-state index in [1.807, 2.05) is 78.9 Å². The summed E-state index contributed by atoms with van der Waals surface area (Å²) in [6.07, 6.45) is 2.90. The highest BCUT2D eigenvalue weighted by Gasteiger charge is 2.44. The molecule has 460 valence electrons. The number of methoxy groups -OCH3 is 2. The van der Waals surface area contributed by atoms with Gasteiger partial charge in [0.05, 0.1) is 32.5 Å². The Labute approximate surface area is 538 Å². The van der Waals surface area contributed by atoms with Crippen LogP contribution in [-0.2, 0) is 33.5 Å². The second kappa shape index (κ2) is 39.5. The third-order valence-corrected chi connectivity index (χ3v) is 12.1. The molecule has 1 amide bonds. The van der Waals surface area contributed by atoms with Crippen LogP contribution in [0.25, 0.3) is 22.3 Å². The summed E-state index contributed by atoms with van der Waals surface area (Å²) in [6, 6.07) is 26.7. The molecule has 4 aromatic carbocycles. The maximum atomic E-state index is 12.7. The van der Waals surface area contributed by atoms with Crippen molar-refractivity contribution < 1.29 is 47.7 Å². The third kappa shape index (κ3) is 22.8. The lowest BCUT2D eigenvalue weighted by atomic mass is 10.1. The molecule has 4 aliphatic rings. The van der Waals surface area contributed by atoms with Gasteiger partial charge in [-0.2, -0.15) is 5.53 Å².